The molecule has 1 aliphatic rings. The average Bonchev–Trinajstić information content (AvgIpc) is 2.73. The summed E-state index contributed by atoms with van der Waals surface area (Å²) in [5.74, 6) is 0. The van der Waals surface area contributed by atoms with E-state index in [-0.39, 0.29) is 10.6 Å². The number of non-ortho nitro benzene ring substituents is 1. The Kier molecular flexibility index (Phi) is 3.46. The van der Waals surface area contributed by atoms with Crippen LogP contribution in [0.25, 0.3) is 0 Å². The van der Waals surface area contributed by atoms with Gasteiger partial charge in [-0.2, -0.15) is 0 Å². The van der Waals surface area contributed by atoms with Crippen molar-refractivity contribution in [3.05, 3.63) is 33.9 Å². The average molecular weight is 238 g/mol. The molecule has 5 heteroatoms. The number of hydrogen-bond donors (Lipinski definition) is 0. The lowest BCUT2D eigenvalue weighted by Gasteiger charge is -2.14. The molecule has 1 heterocycles. The van der Waals surface area contributed by atoms with Gasteiger partial charge in [-0.1, -0.05) is 6.07 Å². The van der Waals surface area contributed by atoms with Crippen LogP contribution in [-0.2, 0) is 0 Å². The Balaban J connectivity index is 2.17. The zero-order valence-electron chi connectivity index (χ0n) is 9.18. The molecule has 0 spiro atoms. The first kappa shape index (κ1) is 11.4. The fourth-order valence-corrected chi connectivity index (χ4v) is 2.82. The summed E-state index contributed by atoms with van der Waals surface area (Å²) in [5, 5.41) is 10.7. The second kappa shape index (κ2) is 4.84. The topological polar surface area (TPSA) is 46.4 Å². The third-order valence-corrected chi connectivity index (χ3v) is 3.93. The van der Waals surface area contributed by atoms with Crippen LogP contribution >= 0.6 is 11.9 Å². The highest BCUT2D eigenvalue weighted by atomic mass is 32.2. The van der Waals surface area contributed by atoms with Crippen molar-refractivity contribution < 1.29 is 4.92 Å². The summed E-state index contributed by atoms with van der Waals surface area (Å²) in [7, 11) is 0. The molecule has 1 saturated heterocycles. The first-order valence-corrected chi connectivity index (χ1v) is 6.12. The van der Waals surface area contributed by atoms with Crippen LogP contribution in [0.3, 0.4) is 0 Å². The van der Waals surface area contributed by atoms with E-state index in [1.807, 2.05) is 13.0 Å². The highest BCUT2D eigenvalue weighted by molar-refractivity contribution is 7.97. The monoisotopic (exact) mass is 238 g/mol. The Morgan fingerprint density at radius 2 is 2.06 bits per heavy atom. The molecule has 0 saturated carbocycles. The van der Waals surface area contributed by atoms with E-state index >= 15 is 0 Å². The second-order valence-electron chi connectivity index (χ2n) is 3.93. The summed E-state index contributed by atoms with van der Waals surface area (Å²) in [5.41, 5.74) is 1.27. The summed E-state index contributed by atoms with van der Waals surface area (Å²) in [4.78, 5) is 11.3. The molecule has 1 aliphatic heterocycles. The van der Waals surface area contributed by atoms with Crippen molar-refractivity contribution in [3.8, 4) is 0 Å². The molecule has 0 atom stereocenters. The zero-order valence-corrected chi connectivity index (χ0v) is 10.00. The first-order valence-electron chi connectivity index (χ1n) is 5.35. The number of rotatable bonds is 3. The Labute approximate surface area is 98.9 Å². The smallest absolute Gasteiger partial charge is 0.258 e. The van der Waals surface area contributed by atoms with Crippen LogP contribution in [0.2, 0.25) is 0 Å². The first-order chi connectivity index (χ1) is 7.66. The van der Waals surface area contributed by atoms with Gasteiger partial charge in [-0.05, 0) is 37.3 Å². The number of aryl methyl sites for hydroxylation is 1. The number of nitrogens with zero attached hydrogens (tertiary/aromatic N) is 2. The summed E-state index contributed by atoms with van der Waals surface area (Å²) >= 11 is 1.64. The maximum Gasteiger partial charge on any atom is 0.270 e. The third kappa shape index (κ3) is 2.54. The minimum absolute atomic E-state index is 0.173. The maximum absolute atomic E-state index is 10.7. The number of benzene rings is 1. The fourth-order valence-electron chi connectivity index (χ4n) is 1.72. The van der Waals surface area contributed by atoms with Gasteiger partial charge in [0.2, 0.25) is 0 Å². The molecule has 0 aliphatic carbocycles. The van der Waals surface area contributed by atoms with Crippen molar-refractivity contribution in [3.63, 3.8) is 0 Å². The summed E-state index contributed by atoms with van der Waals surface area (Å²) < 4.78 is 2.27. The molecule has 0 amide bonds. The minimum Gasteiger partial charge on any atom is -0.258 e. The minimum atomic E-state index is -0.340. The van der Waals surface area contributed by atoms with E-state index in [2.05, 4.69) is 4.31 Å². The van der Waals surface area contributed by atoms with Gasteiger partial charge in [0, 0.05) is 30.1 Å². The molecule has 16 heavy (non-hydrogen) atoms. The van der Waals surface area contributed by atoms with Crippen LogP contribution in [0.1, 0.15) is 18.4 Å². The van der Waals surface area contributed by atoms with E-state index in [1.54, 1.807) is 24.1 Å². The van der Waals surface area contributed by atoms with Gasteiger partial charge in [0.05, 0.1) is 4.92 Å². The second-order valence-corrected chi connectivity index (χ2v) is 5.07. The number of hydrogen-bond acceptors (Lipinski definition) is 4. The molecule has 0 N–H and O–H groups in total. The molecular formula is C11H14N2O2S. The quantitative estimate of drug-likeness (QED) is 0.461. The van der Waals surface area contributed by atoms with E-state index < -0.39 is 0 Å². The van der Waals surface area contributed by atoms with Gasteiger partial charge in [-0.25, -0.2) is 4.31 Å². The zero-order chi connectivity index (χ0) is 11.5. The van der Waals surface area contributed by atoms with Gasteiger partial charge < -0.3 is 0 Å². The van der Waals surface area contributed by atoms with Crippen LogP contribution in [0, 0.1) is 17.0 Å². The van der Waals surface area contributed by atoms with Crippen molar-refractivity contribution in [1.82, 2.24) is 4.31 Å². The van der Waals surface area contributed by atoms with Crippen molar-refractivity contribution in [2.24, 2.45) is 0 Å². The lowest BCUT2D eigenvalue weighted by atomic mass is 10.2. The summed E-state index contributed by atoms with van der Waals surface area (Å²) in [6.45, 7) is 4.14. The van der Waals surface area contributed by atoms with Crippen LogP contribution < -0.4 is 0 Å². The van der Waals surface area contributed by atoms with Gasteiger partial charge in [-0.3, -0.25) is 10.1 Å². The van der Waals surface area contributed by atoms with E-state index in [4.69, 9.17) is 0 Å². The van der Waals surface area contributed by atoms with Crippen molar-refractivity contribution in [1.29, 1.82) is 0 Å². The Morgan fingerprint density at radius 1 is 1.38 bits per heavy atom. The van der Waals surface area contributed by atoms with E-state index in [1.165, 1.54) is 12.8 Å². The third-order valence-electron chi connectivity index (χ3n) is 2.68. The van der Waals surface area contributed by atoms with Crippen LogP contribution in [0.4, 0.5) is 5.69 Å². The molecule has 0 radical (unpaired) electrons. The Morgan fingerprint density at radius 3 is 2.69 bits per heavy atom. The highest BCUT2D eigenvalue weighted by Crippen LogP contribution is 2.31. The largest absolute Gasteiger partial charge is 0.270 e. The summed E-state index contributed by atoms with van der Waals surface area (Å²) in [6.07, 6.45) is 2.45. The molecule has 2 rings (SSSR count). The van der Waals surface area contributed by atoms with Crippen molar-refractivity contribution >= 4 is 17.6 Å². The van der Waals surface area contributed by atoms with E-state index in [9.17, 15) is 10.1 Å². The molecule has 0 unspecified atom stereocenters. The lowest BCUT2D eigenvalue weighted by molar-refractivity contribution is -0.385. The summed E-state index contributed by atoms with van der Waals surface area (Å²) in [6, 6.07) is 5.04. The SMILES string of the molecule is Cc1ccc([N+](=O)[O-])cc1SN1CCCC1. The maximum atomic E-state index is 10.7. The van der Waals surface area contributed by atoms with Crippen molar-refractivity contribution in [2.75, 3.05) is 13.1 Å². The molecule has 1 aromatic carbocycles. The normalized spacial score (nSPS) is 16.6. The van der Waals surface area contributed by atoms with Gasteiger partial charge in [0.1, 0.15) is 0 Å². The van der Waals surface area contributed by atoms with E-state index in [0.717, 1.165) is 23.5 Å². The highest BCUT2D eigenvalue weighted by Gasteiger charge is 2.16. The molecule has 4 nitrogen and oxygen atoms in total. The van der Waals surface area contributed by atoms with Crippen LogP contribution in [0.5, 0.6) is 0 Å². The van der Waals surface area contributed by atoms with E-state index in [0.29, 0.717) is 0 Å². The molecule has 0 aromatic heterocycles. The standard InChI is InChI=1S/C11H14N2O2S/c1-9-4-5-10(13(14)15)8-11(9)16-12-6-2-3-7-12/h4-5,8H,2-3,6-7H2,1H3. The Hall–Kier alpha value is -1.07. The molecule has 86 valence electrons. The predicted octanol–water partition coefficient (Wildman–Crippen LogP) is 3.01. The Bertz CT molecular complexity index is 403. The molecule has 1 fully saturated rings. The fraction of sp³-hybridized carbons (Fsp3) is 0.455. The van der Waals surface area contributed by atoms with Gasteiger partial charge in [-0.15, -0.1) is 0 Å². The van der Waals surface area contributed by atoms with Crippen LogP contribution in [-0.4, -0.2) is 22.3 Å². The van der Waals surface area contributed by atoms with Crippen LogP contribution in [0.15, 0.2) is 23.1 Å². The molecule has 0 bridgehead atoms. The van der Waals surface area contributed by atoms with Crippen molar-refractivity contribution in [2.45, 2.75) is 24.7 Å². The van der Waals surface area contributed by atoms with Gasteiger partial charge in [0.15, 0.2) is 0 Å². The number of nitro benzene ring substituents is 1. The predicted molar refractivity (Wildman–Crippen MR) is 64.5 cm³/mol. The molecule has 1 aromatic rings. The molecular weight excluding hydrogens is 224 g/mol. The lowest BCUT2D eigenvalue weighted by Crippen LogP contribution is -2.09. The van der Waals surface area contributed by atoms with Gasteiger partial charge >= 0.3 is 0 Å². The van der Waals surface area contributed by atoms with Gasteiger partial charge in [0.25, 0.3) is 5.69 Å². The number of nitro groups is 1.